The topological polar surface area (TPSA) is 51.8 Å². The molecule has 1 saturated heterocycles. The van der Waals surface area contributed by atoms with Gasteiger partial charge in [0.25, 0.3) is 5.91 Å². The smallest absolute Gasteiger partial charge is 0.310 e. The summed E-state index contributed by atoms with van der Waals surface area (Å²) in [4.78, 5) is 19.5. The number of amides is 1. The molecule has 1 amide bonds. The fraction of sp³-hybridized carbons (Fsp3) is 0.385. The van der Waals surface area contributed by atoms with E-state index in [1.165, 1.54) is 11.0 Å². The van der Waals surface area contributed by atoms with E-state index in [1.807, 2.05) is 31.2 Å². The third-order valence-corrected chi connectivity index (χ3v) is 7.19. The maximum absolute atomic E-state index is 13.6. The first-order valence-electron chi connectivity index (χ1n) is 11.5. The molecule has 2 aromatic rings. The summed E-state index contributed by atoms with van der Waals surface area (Å²) in [7, 11) is 0. The zero-order chi connectivity index (χ0) is 25.4. The van der Waals surface area contributed by atoms with Gasteiger partial charge in [0, 0.05) is 17.1 Å². The van der Waals surface area contributed by atoms with Gasteiger partial charge in [-0.15, -0.1) is 0 Å². The number of hydrogen-bond donors (Lipinski definition) is 1. The van der Waals surface area contributed by atoms with Crippen molar-refractivity contribution < 1.29 is 18.0 Å². The van der Waals surface area contributed by atoms with E-state index < -0.39 is 23.0 Å². The highest BCUT2D eigenvalue weighted by atomic mass is 32.1. The molecule has 182 valence electrons. The molecule has 1 saturated carbocycles. The van der Waals surface area contributed by atoms with Crippen LogP contribution in [0, 0.1) is 12.0 Å². The average molecular weight is 499 g/mol. The first-order chi connectivity index (χ1) is 16.6. The minimum absolute atomic E-state index is 0.0171. The van der Waals surface area contributed by atoms with Crippen LogP contribution in [0.15, 0.2) is 42.5 Å². The maximum Gasteiger partial charge on any atom is 0.407 e. The highest BCUT2D eigenvalue weighted by Crippen LogP contribution is 2.48. The molecule has 35 heavy (non-hydrogen) atoms. The Hall–Kier alpha value is -3.25. The lowest BCUT2D eigenvalue weighted by molar-refractivity contribution is -0.136. The van der Waals surface area contributed by atoms with Crippen LogP contribution in [0.3, 0.4) is 0 Å². The van der Waals surface area contributed by atoms with Gasteiger partial charge in [0.15, 0.2) is 10.8 Å². The fourth-order valence-corrected chi connectivity index (χ4v) is 5.16. The highest BCUT2D eigenvalue weighted by molar-refractivity contribution is 7.81. The molecule has 2 aromatic carbocycles. The molecule has 2 fully saturated rings. The first kappa shape index (κ1) is 24.9. The van der Waals surface area contributed by atoms with Crippen molar-refractivity contribution in [2.45, 2.75) is 63.6 Å². The Bertz CT molecular complexity index is 1210. The molecule has 0 unspecified atom stereocenters. The summed E-state index contributed by atoms with van der Waals surface area (Å²) in [6.07, 6.45) is 0.453. The van der Waals surface area contributed by atoms with E-state index in [2.05, 4.69) is 4.85 Å². The van der Waals surface area contributed by atoms with Crippen LogP contribution in [0.5, 0.6) is 0 Å². The Morgan fingerprint density at radius 2 is 1.83 bits per heavy atom. The standard InChI is InChI=1S/C26H25F3N4OS/c1-3-18(30)7-4-6-17-8-10-19(11-9-17)33-24(35)32(23(34)25(33)14-5-15-25)20-12-13-22(31-2)21(16-20)26(27,28)29/h8-13,16,30H,3-7,14-15H2,1H3. The molecule has 1 aliphatic carbocycles. The minimum atomic E-state index is -4.72. The molecule has 9 heteroatoms. The van der Waals surface area contributed by atoms with Crippen LogP contribution in [0.25, 0.3) is 4.85 Å². The number of benzene rings is 2. The van der Waals surface area contributed by atoms with Gasteiger partial charge in [-0.05, 0) is 87.0 Å². The molecule has 0 aromatic heterocycles. The second kappa shape index (κ2) is 9.42. The van der Waals surface area contributed by atoms with E-state index in [0.717, 1.165) is 61.2 Å². The summed E-state index contributed by atoms with van der Waals surface area (Å²) in [5.41, 5.74) is 0.0886. The normalized spacial score (nSPS) is 17.0. The average Bonchev–Trinajstić information content (AvgIpc) is 3.05. The Morgan fingerprint density at radius 1 is 1.17 bits per heavy atom. The number of anilines is 2. The second-order valence-electron chi connectivity index (χ2n) is 8.93. The van der Waals surface area contributed by atoms with Crippen LogP contribution >= 0.6 is 12.2 Å². The number of alkyl halides is 3. The van der Waals surface area contributed by atoms with E-state index in [4.69, 9.17) is 24.2 Å². The van der Waals surface area contributed by atoms with Crippen molar-refractivity contribution in [1.82, 2.24) is 0 Å². The summed E-state index contributed by atoms with van der Waals surface area (Å²) < 4.78 is 40.7. The van der Waals surface area contributed by atoms with Crippen molar-refractivity contribution in [3.05, 3.63) is 65.0 Å². The molecule has 1 N–H and O–H groups in total. The van der Waals surface area contributed by atoms with Crippen LogP contribution in [0.4, 0.5) is 30.2 Å². The third-order valence-electron chi connectivity index (χ3n) is 6.82. The van der Waals surface area contributed by atoms with Gasteiger partial charge in [0.2, 0.25) is 0 Å². The van der Waals surface area contributed by atoms with Crippen LogP contribution in [0.1, 0.15) is 56.6 Å². The van der Waals surface area contributed by atoms with Gasteiger partial charge in [-0.25, -0.2) is 4.85 Å². The van der Waals surface area contributed by atoms with Crippen LogP contribution < -0.4 is 9.80 Å². The molecule has 5 nitrogen and oxygen atoms in total. The fourth-order valence-electron chi connectivity index (χ4n) is 4.69. The molecule has 1 aliphatic heterocycles. The van der Waals surface area contributed by atoms with E-state index >= 15 is 0 Å². The van der Waals surface area contributed by atoms with E-state index in [0.29, 0.717) is 12.8 Å². The van der Waals surface area contributed by atoms with E-state index in [9.17, 15) is 18.0 Å². The second-order valence-corrected chi connectivity index (χ2v) is 9.30. The van der Waals surface area contributed by atoms with Crippen LogP contribution in [-0.4, -0.2) is 22.3 Å². The summed E-state index contributed by atoms with van der Waals surface area (Å²) in [5.74, 6) is -0.334. The van der Waals surface area contributed by atoms with Crippen molar-refractivity contribution >= 4 is 46.0 Å². The molecule has 0 radical (unpaired) electrons. The Morgan fingerprint density at radius 3 is 2.37 bits per heavy atom. The molecule has 4 rings (SSSR count). The monoisotopic (exact) mass is 498 g/mol. The predicted molar refractivity (Wildman–Crippen MR) is 134 cm³/mol. The highest BCUT2D eigenvalue weighted by Gasteiger charge is 2.59. The van der Waals surface area contributed by atoms with Gasteiger partial charge in [-0.2, -0.15) is 13.2 Å². The third kappa shape index (κ3) is 4.43. The van der Waals surface area contributed by atoms with E-state index in [1.54, 1.807) is 4.90 Å². The lowest BCUT2D eigenvalue weighted by Crippen LogP contribution is -2.55. The predicted octanol–water partition coefficient (Wildman–Crippen LogP) is 7.07. The van der Waals surface area contributed by atoms with Gasteiger partial charge in [0.05, 0.1) is 12.1 Å². The van der Waals surface area contributed by atoms with E-state index in [-0.39, 0.29) is 16.7 Å². The molecule has 1 heterocycles. The maximum atomic E-state index is 13.6. The van der Waals surface area contributed by atoms with Gasteiger partial charge in [-0.1, -0.05) is 25.1 Å². The molecular weight excluding hydrogens is 473 g/mol. The van der Waals surface area contributed by atoms with Gasteiger partial charge >= 0.3 is 6.18 Å². The van der Waals surface area contributed by atoms with Crippen molar-refractivity contribution in [3.63, 3.8) is 0 Å². The number of thiocarbonyl (C=S) groups is 1. The van der Waals surface area contributed by atoms with Crippen molar-refractivity contribution in [2.24, 2.45) is 0 Å². The number of nitrogens with zero attached hydrogens (tertiary/aromatic N) is 3. The largest absolute Gasteiger partial charge is 0.407 e. The number of aryl methyl sites for hydroxylation is 1. The zero-order valence-electron chi connectivity index (χ0n) is 19.3. The summed E-state index contributed by atoms with van der Waals surface area (Å²) in [6, 6.07) is 11.0. The lowest BCUT2D eigenvalue weighted by Gasteiger charge is -2.43. The molecule has 0 bridgehead atoms. The Labute approximate surface area is 207 Å². The molecule has 0 atom stereocenters. The van der Waals surface area contributed by atoms with Gasteiger partial charge in [0.1, 0.15) is 5.54 Å². The number of carbonyl (C=O) groups is 1. The number of halogens is 3. The molecule has 2 aliphatic rings. The zero-order valence-corrected chi connectivity index (χ0v) is 20.1. The molecule has 1 spiro atoms. The quantitative estimate of drug-likeness (QED) is 0.252. The van der Waals surface area contributed by atoms with Crippen molar-refractivity contribution in [1.29, 1.82) is 5.41 Å². The van der Waals surface area contributed by atoms with Crippen molar-refractivity contribution in [3.8, 4) is 0 Å². The van der Waals surface area contributed by atoms with Crippen molar-refractivity contribution in [2.75, 3.05) is 9.80 Å². The first-order valence-corrected chi connectivity index (χ1v) is 12.0. The SMILES string of the molecule is [C-]#[N+]c1ccc(N2C(=O)C3(CCC3)N(c3ccc(CCCC(=N)CC)cc3)C2=S)cc1C(F)(F)F. The summed E-state index contributed by atoms with van der Waals surface area (Å²) in [5, 5.41) is 7.93. The molecular formula is C26H25F3N4OS. The number of nitrogens with one attached hydrogen (secondary N) is 1. The lowest BCUT2D eigenvalue weighted by atomic mass is 9.75. The number of hydrogen-bond acceptors (Lipinski definition) is 3. The van der Waals surface area contributed by atoms with Gasteiger partial charge < -0.3 is 10.3 Å². The van der Waals surface area contributed by atoms with Crippen LogP contribution in [-0.2, 0) is 17.4 Å². The Kier molecular flexibility index (Phi) is 6.69. The number of carbonyl (C=O) groups excluding carboxylic acids is 1. The van der Waals surface area contributed by atoms with Gasteiger partial charge in [-0.3, -0.25) is 9.69 Å². The minimum Gasteiger partial charge on any atom is -0.310 e. The van der Waals surface area contributed by atoms with Crippen LogP contribution in [0.2, 0.25) is 0 Å². The number of rotatable bonds is 7. The Balaban J connectivity index is 1.64. The summed E-state index contributed by atoms with van der Waals surface area (Å²) >= 11 is 5.66. The summed E-state index contributed by atoms with van der Waals surface area (Å²) in [6.45, 7) is 9.03.